The molecule has 0 saturated carbocycles. The molecule has 0 spiro atoms. The molecule has 0 aliphatic rings. The molecule has 0 amide bonds. The van der Waals surface area contributed by atoms with Gasteiger partial charge < -0.3 is 14.2 Å². The Kier molecular flexibility index (Phi) is 56.9. The number of ether oxygens (including phenoxy) is 3. The predicted molar refractivity (Wildman–Crippen MR) is 316 cm³/mol. The van der Waals surface area contributed by atoms with Crippen molar-refractivity contribution in [1.82, 2.24) is 0 Å². The zero-order valence-electron chi connectivity index (χ0n) is 47.4. The Bertz CT molecular complexity index is 1540. The van der Waals surface area contributed by atoms with Gasteiger partial charge >= 0.3 is 17.9 Å². The first-order valence-corrected chi connectivity index (χ1v) is 30.0. The van der Waals surface area contributed by atoms with Crippen LogP contribution in [0.4, 0.5) is 0 Å². The summed E-state index contributed by atoms with van der Waals surface area (Å²) in [5, 5.41) is 0. The van der Waals surface area contributed by atoms with Gasteiger partial charge in [0.2, 0.25) is 0 Å². The number of esters is 3. The molecule has 0 unspecified atom stereocenters. The molecule has 6 nitrogen and oxygen atoms in total. The number of carbonyl (C=O) groups is 3. The van der Waals surface area contributed by atoms with E-state index < -0.39 is 6.10 Å². The molecule has 0 aliphatic heterocycles. The highest BCUT2D eigenvalue weighted by molar-refractivity contribution is 5.71. The lowest BCUT2D eigenvalue weighted by Crippen LogP contribution is -2.30. The van der Waals surface area contributed by atoms with Crippen molar-refractivity contribution in [2.24, 2.45) is 0 Å². The van der Waals surface area contributed by atoms with Crippen LogP contribution >= 0.6 is 0 Å². The minimum Gasteiger partial charge on any atom is -0.462 e. The highest BCUT2D eigenvalue weighted by atomic mass is 16.6. The number of rotatable bonds is 53. The van der Waals surface area contributed by atoms with Crippen LogP contribution in [0.1, 0.15) is 265 Å². The summed E-state index contributed by atoms with van der Waals surface area (Å²) in [4.78, 5) is 38.2. The number of hydrogen-bond donors (Lipinski definition) is 0. The molecular formula is C67H110O6. The van der Waals surface area contributed by atoms with Crippen LogP contribution in [0.15, 0.2) is 122 Å². The second kappa shape index (κ2) is 60.4. The lowest BCUT2D eigenvalue weighted by molar-refractivity contribution is -0.166. The van der Waals surface area contributed by atoms with E-state index in [9.17, 15) is 14.4 Å². The van der Waals surface area contributed by atoms with Crippen LogP contribution in [0.25, 0.3) is 0 Å². The average Bonchev–Trinajstić information content (AvgIpc) is 3.39. The predicted octanol–water partition coefficient (Wildman–Crippen LogP) is 20.4. The first-order valence-electron chi connectivity index (χ1n) is 30.0. The van der Waals surface area contributed by atoms with Crippen LogP contribution in [-0.2, 0) is 28.6 Å². The van der Waals surface area contributed by atoms with Gasteiger partial charge in [-0.25, -0.2) is 0 Å². The van der Waals surface area contributed by atoms with Crippen LogP contribution in [0.5, 0.6) is 0 Å². The highest BCUT2D eigenvalue weighted by Crippen LogP contribution is 2.16. The summed E-state index contributed by atoms with van der Waals surface area (Å²) in [7, 11) is 0. The molecule has 0 N–H and O–H groups in total. The molecule has 0 aromatic heterocycles. The summed E-state index contributed by atoms with van der Waals surface area (Å²) in [5.74, 6) is -1.07. The van der Waals surface area contributed by atoms with E-state index in [0.29, 0.717) is 19.3 Å². The fraction of sp³-hybridized carbons (Fsp3) is 0.657. The number of hydrogen-bond acceptors (Lipinski definition) is 6. The normalized spacial score (nSPS) is 13.0. The molecule has 0 bridgehead atoms. The van der Waals surface area contributed by atoms with Gasteiger partial charge in [0.05, 0.1) is 0 Å². The van der Waals surface area contributed by atoms with E-state index in [1.165, 1.54) is 128 Å². The Hall–Kier alpha value is -4.19. The van der Waals surface area contributed by atoms with Crippen molar-refractivity contribution < 1.29 is 28.6 Å². The largest absolute Gasteiger partial charge is 0.462 e. The summed E-state index contributed by atoms with van der Waals surface area (Å²) >= 11 is 0. The van der Waals surface area contributed by atoms with Gasteiger partial charge in [0, 0.05) is 19.3 Å². The van der Waals surface area contributed by atoms with Gasteiger partial charge in [0.1, 0.15) is 13.2 Å². The lowest BCUT2D eigenvalue weighted by Gasteiger charge is -2.18. The zero-order chi connectivity index (χ0) is 52.9. The van der Waals surface area contributed by atoms with Gasteiger partial charge in [-0.15, -0.1) is 0 Å². The zero-order valence-corrected chi connectivity index (χ0v) is 47.4. The molecule has 0 radical (unpaired) electrons. The minimum absolute atomic E-state index is 0.124. The third-order valence-corrected chi connectivity index (χ3v) is 12.5. The van der Waals surface area contributed by atoms with Crippen LogP contribution in [-0.4, -0.2) is 37.2 Å². The van der Waals surface area contributed by atoms with Gasteiger partial charge in [-0.1, -0.05) is 271 Å². The number of carbonyl (C=O) groups excluding carboxylic acids is 3. The van der Waals surface area contributed by atoms with Crippen molar-refractivity contribution in [3.8, 4) is 0 Å². The fourth-order valence-corrected chi connectivity index (χ4v) is 7.99. The Morgan fingerprint density at radius 3 is 0.959 bits per heavy atom. The molecular weight excluding hydrogens is 901 g/mol. The summed E-state index contributed by atoms with van der Waals surface area (Å²) in [6.07, 6.45) is 83.6. The summed E-state index contributed by atoms with van der Waals surface area (Å²) < 4.78 is 16.8. The second-order valence-corrected chi connectivity index (χ2v) is 19.5. The molecule has 0 aliphatic carbocycles. The van der Waals surface area contributed by atoms with Crippen molar-refractivity contribution in [2.75, 3.05) is 13.2 Å². The average molecular weight is 1010 g/mol. The van der Waals surface area contributed by atoms with Crippen molar-refractivity contribution in [3.05, 3.63) is 122 Å². The standard InChI is InChI=1S/C67H110O6/c1-4-7-10-13-16-19-22-25-28-31-33-36-38-41-44-47-50-53-56-59-65(68)71-62-64(73-67(70)61-58-55-52-49-46-43-40-35-30-27-24-21-18-15-12-9-6-3)63-72-66(69)60-57-54-51-48-45-42-39-37-34-32-29-26-23-20-17-14-11-8-5-2/h9,12,16,18-19,21,25,27-28,30,33,36,40-41,43-44,49-50,52-53,64H,4-8,10-11,13-15,17,20,22-24,26,29,31-32,34-35,37-39,42,45-48,51,54-63H2,1-3H3/b12-9-,19-16-,21-18-,28-25-,30-27-,36-33-,43-40-,44-41-,52-49-,53-50-/t64-/m1/s1. The molecule has 0 fully saturated rings. The Balaban J connectivity index is 4.56. The Labute approximate surface area is 450 Å². The smallest absolute Gasteiger partial charge is 0.306 e. The molecule has 1 atom stereocenters. The minimum atomic E-state index is -0.841. The topological polar surface area (TPSA) is 78.9 Å². The SMILES string of the molecule is CC/C=C\C/C=C\C/C=C\C/C=C\C/C=C\CCCC(=O)O[C@H](COC(=O)CC/C=C\C/C=C\C/C=C\C/C=C\C/C=C\CCCCC)COC(=O)CCCCCCCCCCCCCCCCCCCCC. The van der Waals surface area contributed by atoms with Crippen LogP contribution < -0.4 is 0 Å². The first kappa shape index (κ1) is 68.8. The third kappa shape index (κ3) is 58.6. The fourth-order valence-electron chi connectivity index (χ4n) is 7.99. The molecule has 0 saturated heterocycles. The molecule has 414 valence electrons. The van der Waals surface area contributed by atoms with Crippen LogP contribution in [0, 0.1) is 0 Å². The van der Waals surface area contributed by atoms with Gasteiger partial charge in [-0.3, -0.25) is 14.4 Å². The van der Waals surface area contributed by atoms with Crippen molar-refractivity contribution in [2.45, 2.75) is 271 Å². The van der Waals surface area contributed by atoms with Crippen molar-refractivity contribution >= 4 is 17.9 Å². The lowest BCUT2D eigenvalue weighted by atomic mass is 10.0. The Morgan fingerprint density at radius 2 is 0.575 bits per heavy atom. The van der Waals surface area contributed by atoms with Crippen LogP contribution in [0.2, 0.25) is 0 Å². The van der Waals surface area contributed by atoms with Gasteiger partial charge in [0.25, 0.3) is 0 Å². The van der Waals surface area contributed by atoms with Crippen LogP contribution in [0.3, 0.4) is 0 Å². The molecule has 0 aromatic carbocycles. The first-order chi connectivity index (χ1) is 36.0. The summed E-state index contributed by atoms with van der Waals surface area (Å²) in [6, 6.07) is 0. The van der Waals surface area contributed by atoms with E-state index >= 15 is 0 Å². The maximum absolute atomic E-state index is 12.8. The van der Waals surface area contributed by atoms with Gasteiger partial charge in [-0.05, 0) is 96.3 Å². The third-order valence-electron chi connectivity index (χ3n) is 12.5. The van der Waals surface area contributed by atoms with Gasteiger partial charge in [0.15, 0.2) is 6.10 Å². The summed E-state index contributed by atoms with van der Waals surface area (Å²) in [6.45, 7) is 6.40. The number of unbranched alkanes of at least 4 members (excludes halogenated alkanes) is 22. The summed E-state index contributed by atoms with van der Waals surface area (Å²) in [5.41, 5.74) is 0. The van der Waals surface area contributed by atoms with Crippen molar-refractivity contribution in [1.29, 1.82) is 0 Å². The van der Waals surface area contributed by atoms with E-state index in [1.54, 1.807) is 0 Å². The molecule has 6 heteroatoms. The van der Waals surface area contributed by atoms with E-state index in [2.05, 4.69) is 136 Å². The van der Waals surface area contributed by atoms with Crippen molar-refractivity contribution in [3.63, 3.8) is 0 Å². The van der Waals surface area contributed by atoms with Gasteiger partial charge in [-0.2, -0.15) is 0 Å². The molecule has 0 heterocycles. The quantitative estimate of drug-likeness (QED) is 0.0261. The monoisotopic (exact) mass is 1010 g/mol. The maximum Gasteiger partial charge on any atom is 0.306 e. The second-order valence-electron chi connectivity index (χ2n) is 19.5. The van der Waals surface area contributed by atoms with E-state index in [-0.39, 0.29) is 44.0 Å². The molecule has 0 aromatic rings. The van der Waals surface area contributed by atoms with E-state index in [0.717, 1.165) is 83.5 Å². The van der Waals surface area contributed by atoms with E-state index in [4.69, 9.17) is 14.2 Å². The molecule has 0 rings (SSSR count). The maximum atomic E-state index is 12.8. The number of allylic oxidation sites excluding steroid dienone is 20. The highest BCUT2D eigenvalue weighted by Gasteiger charge is 2.19. The Morgan fingerprint density at radius 1 is 0.288 bits per heavy atom. The molecule has 73 heavy (non-hydrogen) atoms. The van der Waals surface area contributed by atoms with E-state index in [1.807, 2.05) is 6.08 Å².